The summed E-state index contributed by atoms with van der Waals surface area (Å²) in [6, 6.07) is 20.6. The second-order valence-corrected chi connectivity index (χ2v) is 6.68. The Bertz CT molecular complexity index is 1080. The van der Waals surface area contributed by atoms with Crippen LogP contribution in [0.5, 0.6) is 11.5 Å². The van der Waals surface area contributed by atoms with E-state index in [1.165, 1.54) is 0 Å². The van der Waals surface area contributed by atoms with Crippen LogP contribution in [0.15, 0.2) is 77.8 Å². The predicted molar refractivity (Wildman–Crippen MR) is 111 cm³/mol. The molecular weight excluding hydrogens is 391 g/mol. The van der Waals surface area contributed by atoms with Crippen molar-refractivity contribution in [2.45, 2.75) is 6.18 Å². The van der Waals surface area contributed by atoms with Crippen LogP contribution in [-0.2, 0) is 0 Å². The number of ether oxygens (including phenoxy) is 2. The summed E-state index contributed by atoms with van der Waals surface area (Å²) in [5, 5.41) is 0. The van der Waals surface area contributed by atoms with Crippen LogP contribution < -0.4 is 9.47 Å². The molecule has 1 aliphatic heterocycles. The first kappa shape index (κ1) is 19.8. The fraction of sp³-hybridized carbons (Fsp3) is 0.125. The average Bonchev–Trinajstić information content (AvgIpc) is 3.15. The first-order chi connectivity index (χ1) is 14.4. The highest BCUT2D eigenvalue weighted by Gasteiger charge is 2.43. The Morgan fingerprint density at radius 3 is 1.70 bits per heavy atom. The Kier molecular flexibility index (Phi) is 5.08. The third-order valence-electron chi connectivity index (χ3n) is 4.92. The fourth-order valence-corrected chi connectivity index (χ4v) is 3.52. The van der Waals surface area contributed by atoms with Gasteiger partial charge in [-0.05, 0) is 47.0 Å². The molecule has 0 radical (unpaired) electrons. The number of fused-ring (bicyclic) bond motifs is 1. The summed E-state index contributed by atoms with van der Waals surface area (Å²) < 4.78 is 52.4. The van der Waals surface area contributed by atoms with E-state index in [4.69, 9.17) is 9.47 Å². The van der Waals surface area contributed by atoms with Crippen molar-refractivity contribution in [3.05, 3.63) is 89.5 Å². The lowest BCUT2D eigenvalue weighted by molar-refractivity contribution is -0.0569. The first-order valence-electron chi connectivity index (χ1n) is 9.21. The molecule has 1 heterocycles. The number of allylic oxidation sites excluding steroid dienone is 1. The maximum absolute atomic E-state index is 14.0. The summed E-state index contributed by atoms with van der Waals surface area (Å²) in [5.74, 6) is 1.24. The van der Waals surface area contributed by atoms with Gasteiger partial charge in [-0.1, -0.05) is 42.5 Å². The molecule has 3 nitrogen and oxygen atoms in total. The summed E-state index contributed by atoms with van der Waals surface area (Å²) in [7, 11) is 3.08. The summed E-state index contributed by atoms with van der Waals surface area (Å²) in [6.45, 7) is 0. The molecule has 3 aromatic rings. The first-order valence-corrected chi connectivity index (χ1v) is 9.21. The van der Waals surface area contributed by atoms with Crippen molar-refractivity contribution in [3.63, 3.8) is 0 Å². The lowest BCUT2D eigenvalue weighted by Gasteiger charge is -2.17. The number of hydrogen-bond donors (Lipinski definition) is 0. The number of para-hydroxylation sites is 1. The number of halogens is 3. The predicted octanol–water partition coefficient (Wildman–Crippen LogP) is 6.31. The second-order valence-electron chi connectivity index (χ2n) is 6.68. The highest BCUT2D eigenvalue weighted by atomic mass is 19.4. The summed E-state index contributed by atoms with van der Waals surface area (Å²) in [5.41, 5.74) is 1.63. The number of methoxy groups -OCH3 is 2. The van der Waals surface area contributed by atoms with E-state index >= 15 is 0 Å². The summed E-state index contributed by atoms with van der Waals surface area (Å²) in [6.07, 6.45) is -4.60. The monoisotopic (exact) mass is 409 g/mol. The Morgan fingerprint density at radius 2 is 1.23 bits per heavy atom. The van der Waals surface area contributed by atoms with Gasteiger partial charge in [0.25, 0.3) is 0 Å². The van der Waals surface area contributed by atoms with E-state index in [0.717, 1.165) is 0 Å². The zero-order chi connectivity index (χ0) is 21.3. The molecule has 0 N–H and O–H groups in total. The van der Waals surface area contributed by atoms with E-state index < -0.39 is 11.9 Å². The number of aliphatic imine (C=N–C) groups is 1. The summed E-state index contributed by atoms with van der Waals surface area (Å²) in [4.78, 5) is 3.93. The molecule has 3 aromatic carbocycles. The van der Waals surface area contributed by atoms with Gasteiger partial charge in [0.15, 0.2) is 5.71 Å². The average molecular weight is 409 g/mol. The maximum atomic E-state index is 14.0. The van der Waals surface area contributed by atoms with Crippen LogP contribution in [0.1, 0.15) is 16.7 Å². The van der Waals surface area contributed by atoms with Crippen molar-refractivity contribution in [3.8, 4) is 11.5 Å². The van der Waals surface area contributed by atoms with E-state index in [-0.39, 0.29) is 5.57 Å². The molecule has 0 atom stereocenters. The van der Waals surface area contributed by atoms with E-state index in [0.29, 0.717) is 39.4 Å². The molecule has 1 aliphatic rings. The van der Waals surface area contributed by atoms with Crippen molar-refractivity contribution in [1.29, 1.82) is 0 Å². The molecular formula is C24H18F3NO2. The van der Waals surface area contributed by atoms with Gasteiger partial charge in [-0.3, -0.25) is 0 Å². The molecule has 30 heavy (non-hydrogen) atoms. The van der Waals surface area contributed by atoms with E-state index in [1.54, 1.807) is 87.0 Å². The molecule has 0 spiro atoms. The smallest absolute Gasteiger partial charge is 0.434 e. The van der Waals surface area contributed by atoms with Gasteiger partial charge in [0.05, 0.1) is 19.9 Å². The van der Waals surface area contributed by atoms with Gasteiger partial charge in [-0.2, -0.15) is 13.2 Å². The standard InChI is InChI=1S/C24H18F3NO2/c1-29-17-11-7-15(8-12-17)21(16-9-13-18(30-2)14-10-16)22-19-5-3-4-6-20(19)28-23(22)24(25,26)27/h3-14H,1-2H3. The van der Waals surface area contributed by atoms with Crippen molar-refractivity contribution < 1.29 is 22.6 Å². The zero-order valence-electron chi connectivity index (χ0n) is 16.3. The molecule has 0 saturated heterocycles. The van der Waals surface area contributed by atoms with Crippen molar-refractivity contribution >= 4 is 22.5 Å². The molecule has 0 unspecified atom stereocenters. The van der Waals surface area contributed by atoms with Crippen LogP contribution in [0.3, 0.4) is 0 Å². The van der Waals surface area contributed by atoms with Crippen molar-refractivity contribution in [1.82, 2.24) is 0 Å². The van der Waals surface area contributed by atoms with Crippen LogP contribution in [0, 0.1) is 0 Å². The van der Waals surface area contributed by atoms with Gasteiger partial charge in [-0.15, -0.1) is 0 Å². The van der Waals surface area contributed by atoms with Crippen molar-refractivity contribution in [2.75, 3.05) is 14.2 Å². The Hall–Kier alpha value is -3.54. The highest BCUT2D eigenvalue weighted by Crippen LogP contribution is 2.46. The van der Waals surface area contributed by atoms with Gasteiger partial charge >= 0.3 is 6.18 Å². The SMILES string of the molecule is COc1ccc(C(=C2C(C(F)(F)F)=Nc3ccccc32)c2ccc(OC)cc2)cc1. The van der Waals surface area contributed by atoms with Gasteiger partial charge in [0.1, 0.15) is 11.5 Å². The Balaban J connectivity index is 2.04. The number of rotatable bonds is 4. The minimum absolute atomic E-state index is 0.0634. The lowest BCUT2D eigenvalue weighted by atomic mass is 9.87. The van der Waals surface area contributed by atoms with Crippen LogP contribution >= 0.6 is 0 Å². The molecule has 0 aliphatic carbocycles. The third-order valence-corrected chi connectivity index (χ3v) is 4.92. The van der Waals surface area contributed by atoms with E-state index in [2.05, 4.69) is 4.99 Å². The number of hydrogen-bond acceptors (Lipinski definition) is 3. The highest BCUT2D eigenvalue weighted by molar-refractivity contribution is 6.38. The van der Waals surface area contributed by atoms with Crippen molar-refractivity contribution in [2.24, 2.45) is 4.99 Å². The van der Waals surface area contributed by atoms with Gasteiger partial charge in [0, 0.05) is 11.1 Å². The van der Waals surface area contributed by atoms with Crippen LogP contribution in [0.2, 0.25) is 0 Å². The molecule has 0 saturated carbocycles. The quantitative estimate of drug-likeness (QED) is 0.505. The van der Waals surface area contributed by atoms with Gasteiger partial charge < -0.3 is 9.47 Å². The Morgan fingerprint density at radius 1 is 0.733 bits per heavy atom. The minimum atomic E-state index is -4.60. The fourth-order valence-electron chi connectivity index (χ4n) is 3.52. The van der Waals surface area contributed by atoms with Crippen LogP contribution in [-0.4, -0.2) is 26.1 Å². The zero-order valence-corrected chi connectivity index (χ0v) is 16.3. The normalized spacial score (nSPS) is 13.0. The molecule has 0 aromatic heterocycles. The largest absolute Gasteiger partial charge is 0.497 e. The minimum Gasteiger partial charge on any atom is -0.497 e. The number of alkyl halides is 3. The molecule has 152 valence electrons. The Labute approximate surface area is 172 Å². The van der Waals surface area contributed by atoms with Gasteiger partial charge in [-0.25, -0.2) is 4.99 Å². The lowest BCUT2D eigenvalue weighted by Crippen LogP contribution is -2.23. The molecule has 0 fully saturated rings. The van der Waals surface area contributed by atoms with E-state index in [1.807, 2.05) is 0 Å². The number of benzene rings is 3. The van der Waals surface area contributed by atoms with Crippen LogP contribution in [0.4, 0.5) is 18.9 Å². The van der Waals surface area contributed by atoms with Gasteiger partial charge in [0.2, 0.25) is 0 Å². The molecule has 0 amide bonds. The summed E-state index contributed by atoms with van der Waals surface area (Å²) >= 11 is 0. The maximum Gasteiger partial charge on any atom is 0.434 e. The molecule has 6 heteroatoms. The van der Waals surface area contributed by atoms with E-state index in [9.17, 15) is 13.2 Å². The molecule has 4 rings (SSSR count). The molecule has 0 bridgehead atoms. The third kappa shape index (κ3) is 3.56. The second kappa shape index (κ2) is 7.71. The number of nitrogens with zero attached hydrogens (tertiary/aromatic N) is 1. The van der Waals surface area contributed by atoms with Crippen LogP contribution in [0.25, 0.3) is 11.1 Å². The topological polar surface area (TPSA) is 30.8 Å².